The summed E-state index contributed by atoms with van der Waals surface area (Å²) < 4.78 is 0. The molecule has 10 heavy (non-hydrogen) atoms. The second-order valence-electron chi connectivity index (χ2n) is 2.24. The minimum atomic E-state index is -0.0295. The highest BCUT2D eigenvalue weighted by Crippen LogP contribution is 1.98. The van der Waals surface area contributed by atoms with Crippen molar-refractivity contribution in [2.75, 3.05) is 0 Å². The van der Waals surface area contributed by atoms with Crippen LogP contribution in [0.2, 0.25) is 0 Å². The Balaban J connectivity index is 2.49. The van der Waals surface area contributed by atoms with Gasteiger partial charge in [0.2, 0.25) is 5.91 Å². The van der Waals surface area contributed by atoms with E-state index in [-0.39, 0.29) is 5.91 Å². The van der Waals surface area contributed by atoms with Gasteiger partial charge in [0.05, 0.1) is 0 Å². The normalized spacial score (nSPS) is 25.4. The maximum absolute atomic E-state index is 10.7. The number of amides is 1. The van der Waals surface area contributed by atoms with E-state index < -0.39 is 0 Å². The van der Waals surface area contributed by atoms with Gasteiger partial charge < -0.3 is 5.32 Å². The topological polar surface area (TPSA) is 29.1 Å². The second-order valence-corrected chi connectivity index (χ2v) is 2.24. The highest BCUT2D eigenvalue weighted by Gasteiger charge is 1.91. The van der Waals surface area contributed by atoms with Crippen LogP contribution in [0.25, 0.3) is 0 Å². The maximum atomic E-state index is 10.7. The van der Waals surface area contributed by atoms with E-state index in [2.05, 4.69) is 5.32 Å². The van der Waals surface area contributed by atoms with Crippen molar-refractivity contribution >= 4 is 5.91 Å². The van der Waals surface area contributed by atoms with Crippen molar-refractivity contribution in [3.63, 3.8) is 0 Å². The van der Waals surface area contributed by atoms with Gasteiger partial charge in [-0.1, -0.05) is 12.2 Å². The molecule has 0 saturated heterocycles. The van der Waals surface area contributed by atoms with Crippen molar-refractivity contribution in [2.45, 2.75) is 19.3 Å². The number of allylic oxidation sites excluding steroid dienone is 2. The molecule has 2 nitrogen and oxygen atoms in total. The summed E-state index contributed by atoms with van der Waals surface area (Å²) in [5.41, 5.74) is 0. The summed E-state index contributed by atoms with van der Waals surface area (Å²) in [6.45, 7) is 0. The number of rotatable bonds is 0. The van der Waals surface area contributed by atoms with Gasteiger partial charge in [-0.05, 0) is 25.3 Å². The monoisotopic (exact) mass is 137 g/mol. The van der Waals surface area contributed by atoms with Crippen LogP contribution in [0, 0.1) is 0 Å². The summed E-state index contributed by atoms with van der Waals surface area (Å²) in [5, 5.41) is 2.62. The third-order valence-electron chi connectivity index (χ3n) is 1.35. The van der Waals surface area contributed by atoms with Gasteiger partial charge in [0, 0.05) is 6.20 Å². The number of nitrogens with one attached hydrogen (secondary N) is 1. The standard InChI is InChI=1S/C8H11NO/c10-8-6-4-2-1-3-5-7-9-8/h4-7H,1-3H2,(H,9,10)/b6-4-,7-5-. The Morgan fingerprint density at radius 2 is 2.10 bits per heavy atom. The van der Waals surface area contributed by atoms with Crippen molar-refractivity contribution < 1.29 is 4.79 Å². The van der Waals surface area contributed by atoms with Gasteiger partial charge in [0.15, 0.2) is 0 Å². The minimum Gasteiger partial charge on any atom is -0.329 e. The van der Waals surface area contributed by atoms with Crippen LogP contribution in [0.1, 0.15) is 19.3 Å². The maximum Gasteiger partial charge on any atom is 0.247 e. The molecular weight excluding hydrogens is 126 g/mol. The molecule has 0 saturated carbocycles. The summed E-state index contributed by atoms with van der Waals surface area (Å²) in [5.74, 6) is -0.0295. The predicted molar refractivity (Wildman–Crippen MR) is 40.3 cm³/mol. The zero-order valence-electron chi connectivity index (χ0n) is 5.84. The van der Waals surface area contributed by atoms with E-state index >= 15 is 0 Å². The molecule has 0 aromatic rings. The van der Waals surface area contributed by atoms with Crippen LogP contribution in [0.4, 0.5) is 0 Å². The average molecular weight is 137 g/mol. The molecule has 0 spiro atoms. The van der Waals surface area contributed by atoms with Crippen molar-refractivity contribution in [3.8, 4) is 0 Å². The Kier molecular flexibility index (Phi) is 2.74. The molecule has 54 valence electrons. The van der Waals surface area contributed by atoms with Gasteiger partial charge in [-0.15, -0.1) is 0 Å². The van der Waals surface area contributed by atoms with Gasteiger partial charge in [0.1, 0.15) is 0 Å². The van der Waals surface area contributed by atoms with Gasteiger partial charge in [-0.3, -0.25) is 4.79 Å². The van der Waals surface area contributed by atoms with Crippen LogP contribution in [-0.4, -0.2) is 5.91 Å². The summed E-state index contributed by atoms with van der Waals surface area (Å²) in [7, 11) is 0. The molecule has 1 heterocycles. The van der Waals surface area contributed by atoms with E-state index in [1.807, 2.05) is 12.2 Å². The Hall–Kier alpha value is -1.05. The third-order valence-corrected chi connectivity index (χ3v) is 1.35. The van der Waals surface area contributed by atoms with Crippen LogP contribution < -0.4 is 5.32 Å². The third kappa shape index (κ3) is 2.49. The van der Waals surface area contributed by atoms with Crippen LogP contribution in [0.15, 0.2) is 24.4 Å². The summed E-state index contributed by atoms with van der Waals surface area (Å²) in [6, 6.07) is 0. The molecule has 1 amide bonds. The summed E-state index contributed by atoms with van der Waals surface area (Å²) in [4.78, 5) is 10.7. The number of hydrogen-bond acceptors (Lipinski definition) is 1. The van der Waals surface area contributed by atoms with Crippen LogP contribution in [0.3, 0.4) is 0 Å². The Labute approximate surface area is 60.6 Å². The van der Waals surface area contributed by atoms with E-state index in [4.69, 9.17) is 0 Å². The minimum absolute atomic E-state index is 0.0295. The molecule has 1 rings (SSSR count). The quantitative estimate of drug-likeness (QED) is 0.536. The smallest absolute Gasteiger partial charge is 0.247 e. The molecule has 0 fully saturated rings. The molecule has 2 heteroatoms. The Bertz CT molecular complexity index is 170. The SMILES string of the molecule is O=C1/C=C\CCC/C=C\N1. The lowest BCUT2D eigenvalue weighted by molar-refractivity contribution is -0.115. The number of hydrogen-bond donors (Lipinski definition) is 1. The molecule has 0 unspecified atom stereocenters. The molecule has 1 N–H and O–H groups in total. The molecule has 0 aromatic carbocycles. The van der Waals surface area contributed by atoms with Gasteiger partial charge in [-0.2, -0.15) is 0 Å². The first-order valence-corrected chi connectivity index (χ1v) is 3.51. The number of carbonyl (C=O) groups excluding carboxylic acids is 1. The first-order chi connectivity index (χ1) is 4.89. The van der Waals surface area contributed by atoms with Crippen LogP contribution in [0.5, 0.6) is 0 Å². The Morgan fingerprint density at radius 1 is 1.30 bits per heavy atom. The van der Waals surface area contributed by atoms with Gasteiger partial charge >= 0.3 is 0 Å². The van der Waals surface area contributed by atoms with E-state index in [1.165, 1.54) is 0 Å². The molecule has 0 aromatic heterocycles. The van der Waals surface area contributed by atoms with Gasteiger partial charge in [-0.25, -0.2) is 0 Å². The predicted octanol–water partition coefficient (Wildman–Crippen LogP) is 1.36. The highest BCUT2D eigenvalue weighted by molar-refractivity contribution is 5.88. The second kappa shape index (κ2) is 3.88. The van der Waals surface area contributed by atoms with E-state index in [9.17, 15) is 4.79 Å². The lowest BCUT2D eigenvalue weighted by Crippen LogP contribution is -2.12. The van der Waals surface area contributed by atoms with Gasteiger partial charge in [0.25, 0.3) is 0 Å². The zero-order chi connectivity index (χ0) is 7.23. The summed E-state index contributed by atoms with van der Waals surface area (Å²) >= 11 is 0. The van der Waals surface area contributed by atoms with Crippen LogP contribution >= 0.6 is 0 Å². The fourth-order valence-electron chi connectivity index (χ4n) is 0.816. The van der Waals surface area contributed by atoms with Crippen molar-refractivity contribution in [1.29, 1.82) is 0 Å². The van der Waals surface area contributed by atoms with E-state index in [1.54, 1.807) is 12.3 Å². The highest BCUT2D eigenvalue weighted by atomic mass is 16.1. The van der Waals surface area contributed by atoms with E-state index in [0.29, 0.717) is 0 Å². The molecule has 0 atom stereocenters. The summed E-state index contributed by atoms with van der Waals surface area (Å²) in [6.07, 6.45) is 10.3. The average Bonchev–Trinajstić information content (AvgIpc) is 2.02. The molecule has 0 aliphatic carbocycles. The fourth-order valence-corrected chi connectivity index (χ4v) is 0.816. The van der Waals surface area contributed by atoms with Crippen molar-refractivity contribution in [1.82, 2.24) is 5.32 Å². The van der Waals surface area contributed by atoms with Crippen LogP contribution in [-0.2, 0) is 4.79 Å². The lowest BCUT2D eigenvalue weighted by Gasteiger charge is -1.88. The number of carbonyl (C=O) groups is 1. The first-order valence-electron chi connectivity index (χ1n) is 3.51. The van der Waals surface area contributed by atoms with Crippen molar-refractivity contribution in [2.24, 2.45) is 0 Å². The molecule has 1 aliphatic rings. The van der Waals surface area contributed by atoms with E-state index in [0.717, 1.165) is 19.3 Å². The molecular formula is C8H11NO. The van der Waals surface area contributed by atoms with Crippen molar-refractivity contribution in [3.05, 3.63) is 24.4 Å². The molecule has 0 bridgehead atoms. The largest absolute Gasteiger partial charge is 0.329 e. The fraction of sp³-hybridized carbons (Fsp3) is 0.375. The zero-order valence-corrected chi connectivity index (χ0v) is 5.84. The molecule has 1 aliphatic heterocycles. The Morgan fingerprint density at radius 3 is 3.00 bits per heavy atom. The molecule has 0 radical (unpaired) electrons. The first kappa shape index (κ1) is 7.06. The lowest BCUT2D eigenvalue weighted by atomic mass is 10.2.